The summed E-state index contributed by atoms with van der Waals surface area (Å²) in [7, 11) is 0. The molecule has 0 aromatic rings. The fraction of sp³-hybridized carbons (Fsp3) is 1.00. The van der Waals surface area contributed by atoms with Crippen molar-refractivity contribution in [3.05, 3.63) is 0 Å². The molecule has 0 saturated heterocycles. The summed E-state index contributed by atoms with van der Waals surface area (Å²) < 4.78 is 5.82. The monoisotopic (exact) mass is 243 g/mol. The molecule has 0 saturated carbocycles. The molecule has 0 amide bonds. The summed E-state index contributed by atoms with van der Waals surface area (Å²) >= 11 is 0. The summed E-state index contributed by atoms with van der Waals surface area (Å²) in [4.78, 5) is 0. The largest absolute Gasteiger partial charge is 0.378 e. The molecule has 104 valence electrons. The van der Waals surface area contributed by atoms with E-state index in [4.69, 9.17) is 4.74 Å². The summed E-state index contributed by atoms with van der Waals surface area (Å²) in [5, 5.41) is 3.58. The third-order valence-electron chi connectivity index (χ3n) is 3.08. The first kappa shape index (κ1) is 16.9. The SMILES string of the molecule is CCCNC(CC)CCCOC(C)CC(C)C. The molecule has 0 bridgehead atoms. The maximum absolute atomic E-state index is 5.82. The molecule has 0 aromatic heterocycles. The highest BCUT2D eigenvalue weighted by Gasteiger charge is 2.07. The van der Waals surface area contributed by atoms with E-state index in [0.29, 0.717) is 12.1 Å². The van der Waals surface area contributed by atoms with Crippen LogP contribution in [0.1, 0.15) is 66.7 Å². The summed E-state index contributed by atoms with van der Waals surface area (Å²) in [6.07, 6.45) is 6.45. The van der Waals surface area contributed by atoms with Gasteiger partial charge in [-0.05, 0) is 51.5 Å². The molecule has 0 aromatic carbocycles. The van der Waals surface area contributed by atoms with Gasteiger partial charge in [-0.3, -0.25) is 0 Å². The zero-order valence-electron chi connectivity index (χ0n) is 12.6. The van der Waals surface area contributed by atoms with Crippen LogP contribution in [0.25, 0.3) is 0 Å². The van der Waals surface area contributed by atoms with Gasteiger partial charge in [-0.25, -0.2) is 0 Å². The highest BCUT2D eigenvalue weighted by atomic mass is 16.5. The van der Waals surface area contributed by atoms with Crippen molar-refractivity contribution in [2.45, 2.75) is 78.9 Å². The first-order chi connectivity index (χ1) is 8.10. The second-order valence-electron chi connectivity index (χ2n) is 5.51. The van der Waals surface area contributed by atoms with E-state index in [2.05, 4.69) is 39.9 Å². The Kier molecular flexibility index (Phi) is 11.0. The van der Waals surface area contributed by atoms with Crippen LogP contribution in [-0.4, -0.2) is 25.3 Å². The highest BCUT2D eigenvalue weighted by Crippen LogP contribution is 2.09. The van der Waals surface area contributed by atoms with Crippen LogP contribution >= 0.6 is 0 Å². The average Bonchev–Trinajstić information content (AvgIpc) is 2.27. The number of nitrogens with one attached hydrogen (secondary N) is 1. The van der Waals surface area contributed by atoms with Crippen molar-refractivity contribution >= 4 is 0 Å². The van der Waals surface area contributed by atoms with Crippen molar-refractivity contribution in [3.8, 4) is 0 Å². The van der Waals surface area contributed by atoms with Gasteiger partial charge in [-0.2, -0.15) is 0 Å². The van der Waals surface area contributed by atoms with E-state index in [1.807, 2.05) is 0 Å². The van der Waals surface area contributed by atoms with Crippen LogP contribution in [0.4, 0.5) is 0 Å². The zero-order valence-corrected chi connectivity index (χ0v) is 12.6. The number of hydrogen-bond acceptors (Lipinski definition) is 2. The van der Waals surface area contributed by atoms with Gasteiger partial charge in [0.05, 0.1) is 6.10 Å². The van der Waals surface area contributed by atoms with Gasteiger partial charge < -0.3 is 10.1 Å². The van der Waals surface area contributed by atoms with Gasteiger partial charge in [0, 0.05) is 12.6 Å². The Labute approximate surface area is 109 Å². The molecule has 2 nitrogen and oxygen atoms in total. The van der Waals surface area contributed by atoms with Crippen molar-refractivity contribution in [2.24, 2.45) is 5.92 Å². The fourth-order valence-corrected chi connectivity index (χ4v) is 2.15. The minimum atomic E-state index is 0.415. The van der Waals surface area contributed by atoms with Gasteiger partial charge in [-0.1, -0.05) is 27.7 Å². The highest BCUT2D eigenvalue weighted by molar-refractivity contribution is 4.64. The molecule has 0 rings (SSSR count). The summed E-state index contributed by atoms with van der Waals surface area (Å²) in [6.45, 7) is 13.2. The van der Waals surface area contributed by atoms with E-state index in [9.17, 15) is 0 Å². The third-order valence-corrected chi connectivity index (χ3v) is 3.08. The normalized spacial score (nSPS) is 15.2. The van der Waals surface area contributed by atoms with Crippen LogP contribution in [0.15, 0.2) is 0 Å². The molecule has 1 N–H and O–H groups in total. The van der Waals surface area contributed by atoms with Crippen molar-refractivity contribution in [1.29, 1.82) is 0 Å². The molecule has 0 aliphatic carbocycles. The number of ether oxygens (including phenoxy) is 1. The summed E-state index contributed by atoms with van der Waals surface area (Å²) in [6, 6.07) is 0.680. The molecule has 0 radical (unpaired) electrons. The average molecular weight is 243 g/mol. The minimum Gasteiger partial charge on any atom is -0.378 e. The first-order valence-corrected chi connectivity index (χ1v) is 7.45. The van der Waals surface area contributed by atoms with E-state index in [0.717, 1.165) is 19.1 Å². The molecule has 2 unspecified atom stereocenters. The second kappa shape index (κ2) is 11.0. The predicted octanol–water partition coefficient (Wildman–Crippen LogP) is 4.00. The van der Waals surface area contributed by atoms with Crippen molar-refractivity contribution in [2.75, 3.05) is 13.2 Å². The van der Waals surface area contributed by atoms with Gasteiger partial charge in [-0.15, -0.1) is 0 Å². The molecular formula is C15H33NO. The van der Waals surface area contributed by atoms with Crippen LogP contribution in [-0.2, 0) is 4.74 Å². The lowest BCUT2D eigenvalue weighted by atomic mass is 10.1. The first-order valence-electron chi connectivity index (χ1n) is 7.45. The fourth-order valence-electron chi connectivity index (χ4n) is 2.15. The van der Waals surface area contributed by atoms with Gasteiger partial charge in [0.1, 0.15) is 0 Å². The Bertz CT molecular complexity index is 159. The van der Waals surface area contributed by atoms with Crippen molar-refractivity contribution in [1.82, 2.24) is 5.32 Å². The lowest BCUT2D eigenvalue weighted by Gasteiger charge is -2.18. The molecule has 0 aliphatic rings. The zero-order chi connectivity index (χ0) is 13.1. The van der Waals surface area contributed by atoms with E-state index in [1.54, 1.807) is 0 Å². The maximum atomic E-state index is 5.82. The van der Waals surface area contributed by atoms with Crippen LogP contribution in [0, 0.1) is 5.92 Å². The van der Waals surface area contributed by atoms with Crippen LogP contribution in [0.3, 0.4) is 0 Å². The third kappa shape index (κ3) is 10.8. The van der Waals surface area contributed by atoms with E-state index in [1.165, 1.54) is 32.1 Å². The molecular weight excluding hydrogens is 210 g/mol. The van der Waals surface area contributed by atoms with E-state index in [-0.39, 0.29) is 0 Å². The van der Waals surface area contributed by atoms with Crippen LogP contribution < -0.4 is 5.32 Å². The Morgan fingerprint density at radius 3 is 2.35 bits per heavy atom. The summed E-state index contributed by atoms with van der Waals surface area (Å²) in [5.74, 6) is 0.736. The smallest absolute Gasteiger partial charge is 0.0549 e. The molecule has 0 fully saturated rings. The molecule has 0 aliphatic heterocycles. The van der Waals surface area contributed by atoms with Crippen LogP contribution in [0.2, 0.25) is 0 Å². The molecule has 2 atom stereocenters. The standard InChI is InChI=1S/C15H33NO/c1-6-10-16-15(7-2)9-8-11-17-14(5)12-13(3)4/h13-16H,6-12H2,1-5H3. The number of rotatable bonds is 11. The lowest BCUT2D eigenvalue weighted by Crippen LogP contribution is -2.29. The maximum Gasteiger partial charge on any atom is 0.0549 e. The topological polar surface area (TPSA) is 21.3 Å². The van der Waals surface area contributed by atoms with E-state index < -0.39 is 0 Å². The Morgan fingerprint density at radius 2 is 1.82 bits per heavy atom. The molecule has 17 heavy (non-hydrogen) atoms. The summed E-state index contributed by atoms with van der Waals surface area (Å²) in [5.41, 5.74) is 0. The van der Waals surface area contributed by atoms with Crippen molar-refractivity contribution < 1.29 is 4.74 Å². The minimum absolute atomic E-state index is 0.415. The van der Waals surface area contributed by atoms with Crippen molar-refractivity contribution in [3.63, 3.8) is 0 Å². The van der Waals surface area contributed by atoms with Gasteiger partial charge in [0.15, 0.2) is 0 Å². The Balaban J connectivity index is 3.47. The van der Waals surface area contributed by atoms with Gasteiger partial charge in [0.25, 0.3) is 0 Å². The Morgan fingerprint density at radius 1 is 1.12 bits per heavy atom. The molecule has 2 heteroatoms. The molecule has 0 spiro atoms. The quantitative estimate of drug-likeness (QED) is 0.554. The van der Waals surface area contributed by atoms with E-state index >= 15 is 0 Å². The van der Waals surface area contributed by atoms with Crippen LogP contribution in [0.5, 0.6) is 0 Å². The lowest BCUT2D eigenvalue weighted by molar-refractivity contribution is 0.0484. The van der Waals surface area contributed by atoms with Gasteiger partial charge >= 0.3 is 0 Å². The number of hydrogen-bond donors (Lipinski definition) is 1. The second-order valence-corrected chi connectivity index (χ2v) is 5.51. The Hall–Kier alpha value is -0.0800. The predicted molar refractivity (Wildman–Crippen MR) is 76.5 cm³/mol. The molecule has 0 heterocycles. The van der Waals surface area contributed by atoms with Gasteiger partial charge in [0.2, 0.25) is 0 Å².